The summed E-state index contributed by atoms with van der Waals surface area (Å²) in [6, 6.07) is 5.27. The van der Waals surface area contributed by atoms with Gasteiger partial charge in [-0.2, -0.15) is 18.2 Å². The molecule has 23 heavy (non-hydrogen) atoms. The number of aromatic nitrogens is 2. The Balaban J connectivity index is 2.25. The molecule has 1 N–H and O–H groups in total. The first-order valence-corrected chi connectivity index (χ1v) is 8.14. The Hall–Kier alpha value is -1.94. The third kappa shape index (κ3) is 3.88. The van der Waals surface area contributed by atoms with Crippen LogP contribution in [-0.4, -0.2) is 18.6 Å². The first-order valence-electron chi connectivity index (χ1n) is 6.66. The number of alkyl halides is 3. The van der Waals surface area contributed by atoms with Gasteiger partial charge in [0.15, 0.2) is 5.82 Å². The minimum atomic E-state index is -4.78. The quantitative estimate of drug-likeness (QED) is 0.897. The van der Waals surface area contributed by atoms with Crippen molar-refractivity contribution < 1.29 is 26.1 Å². The summed E-state index contributed by atoms with van der Waals surface area (Å²) in [5.41, 5.74) is 0.594. The molecule has 1 atom stereocenters. The van der Waals surface area contributed by atoms with Crippen molar-refractivity contribution in [1.82, 2.24) is 14.9 Å². The van der Waals surface area contributed by atoms with Gasteiger partial charge in [0.25, 0.3) is 0 Å². The largest absolute Gasteiger partial charge is 0.471 e. The SMILES string of the molecule is CCc1ccccc1S(=O)(=O)N[C@@H](C)c1noc(C(F)(F)F)n1. The standard InChI is InChI=1S/C13H14F3N3O3S/c1-3-9-6-4-5-7-10(9)23(20,21)19-8(2)11-17-12(22-18-11)13(14,15)16/h4-8,19H,3H2,1-2H3/t8-/m0/s1. The number of aryl methyl sites for hydroxylation is 1. The molecule has 1 aromatic heterocycles. The highest BCUT2D eigenvalue weighted by Crippen LogP contribution is 2.28. The van der Waals surface area contributed by atoms with Crippen LogP contribution in [0.3, 0.4) is 0 Å². The Labute approximate surface area is 130 Å². The van der Waals surface area contributed by atoms with Crippen LogP contribution in [-0.2, 0) is 22.6 Å². The van der Waals surface area contributed by atoms with Gasteiger partial charge in [0.1, 0.15) is 0 Å². The lowest BCUT2D eigenvalue weighted by molar-refractivity contribution is -0.159. The predicted molar refractivity (Wildman–Crippen MR) is 73.9 cm³/mol. The van der Waals surface area contributed by atoms with E-state index in [0.717, 1.165) is 0 Å². The minimum Gasteiger partial charge on any atom is -0.329 e. The number of benzene rings is 1. The number of sulfonamides is 1. The minimum absolute atomic E-state index is 0.0638. The summed E-state index contributed by atoms with van der Waals surface area (Å²) in [7, 11) is -3.93. The summed E-state index contributed by atoms with van der Waals surface area (Å²) in [5, 5.41) is 3.17. The number of nitrogens with one attached hydrogen (secondary N) is 1. The van der Waals surface area contributed by atoms with Crippen molar-refractivity contribution in [2.45, 2.75) is 37.4 Å². The molecular formula is C13H14F3N3O3S. The molecule has 126 valence electrons. The second-order valence-corrected chi connectivity index (χ2v) is 6.44. The zero-order valence-electron chi connectivity index (χ0n) is 12.3. The zero-order valence-corrected chi connectivity index (χ0v) is 13.1. The fraction of sp³-hybridized carbons (Fsp3) is 0.385. The molecule has 0 unspecified atom stereocenters. The van der Waals surface area contributed by atoms with Crippen LogP contribution in [0.2, 0.25) is 0 Å². The Morgan fingerprint density at radius 2 is 1.96 bits per heavy atom. The molecular weight excluding hydrogens is 335 g/mol. The van der Waals surface area contributed by atoms with Crippen molar-refractivity contribution in [3.8, 4) is 0 Å². The molecule has 0 saturated carbocycles. The third-order valence-electron chi connectivity index (χ3n) is 3.05. The van der Waals surface area contributed by atoms with Gasteiger partial charge < -0.3 is 4.52 Å². The lowest BCUT2D eigenvalue weighted by Crippen LogP contribution is -2.28. The first-order chi connectivity index (χ1) is 10.6. The van der Waals surface area contributed by atoms with Crippen molar-refractivity contribution in [3.05, 3.63) is 41.5 Å². The molecule has 0 aliphatic rings. The monoisotopic (exact) mass is 349 g/mol. The van der Waals surface area contributed by atoms with E-state index in [1.807, 2.05) is 0 Å². The first kappa shape index (κ1) is 17.4. The number of hydrogen-bond acceptors (Lipinski definition) is 5. The maximum absolute atomic E-state index is 12.4. The Bertz CT molecular complexity index is 787. The molecule has 0 amide bonds. The molecule has 10 heteroatoms. The maximum Gasteiger partial charge on any atom is 0.471 e. The maximum atomic E-state index is 12.4. The molecule has 0 aliphatic heterocycles. The van der Waals surface area contributed by atoms with Crippen LogP contribution in [0.25, 0.3) is 0 Å². The summed E-state index contributed by atoms with van der Waals surface area (Å²) in [6.45, 7) is 3.13. The third-order valence-corrected chi connectivity index (χ3v) is 4.69. The summed E-state index contributed by atoms with van der Waals surface area (Å²) in [4.78, 5) is 3.24. The Kier molecular flexibility index (Phi) is 4.76. The predicted octanol–water partition coefficient (Wildman–Crippen LogP) is 2.69. The Morgan fingerprint density at radius 1 is 1.30 bits per heavy atom. The van der Waals surface area contributed by atoms with Gasteiger partial charge in [-0.25, -0.2) is 13.1 Å². The zero-order chi connectivity index (χ0) is 17.3. The van der Waals surface area contributed by atoms with Crippen molar-refractivity contribution in [2.24, 2.45) is 0 Å². The smallest absolute Gasteiger partial charge is 0.329 e. The number of hydrogen-bond donors (Lipinski definition) is 1. The van der Waals surface area contributed by atoms with E-state index in [1.54, 1.807) is 25.1 Å². The van der Waals surface area contributed by atoms with Crippen LogP contribution in [0.1, 0.15) is 37.2 Å². The van der Waals surface area contributed by atoms with Crippen LogP contribution < -0.4 is 4.72 Å². The number of rotatable bonds is 5. The van der Waals surface area contributed by atoms with Gasteiger partial charge in [0.05, 0.1) is 10.9 Å². The molecule has 1 heterocycles. The van der Waals surface area contributed by atoms with E-state index in [0.29, 0.717) is 12.0 Å². The molecule has 0 saturated heterocycles. The molecule has 0 spiro atoms. The fourth-order valence-electron chi connectivity index (χ4n) is 1.93. The number of nitrogens with zero attached hydrogens (tertiary/aromatic N) is 2. The molecule has 0 radical (unpaired) electrons. The van der Waals surface area contributed by atoms with E-state index in [9.17, 15) is 21.6 Å². The van der Waals surface area contributed by atoms with Crippen LogP contribution in [0.5, 0.6) is 0 Å². The highest BCUT2D eigenvalue weighted by molar-refractivity contribution is 7.89. The highest BCUT2D eigenvalue weighted by Gasteiger charge is 2.39. The van der Waals surface area contributed by atoms with E-state index in [1.165, 1.54) is 13.0 Å². The van der Waals surface area contributed by atoms with E-state index < -0.39 is 34.0 Å². The van der Waals surface area contributed by atoms with Gasteiger partial charge in [-0.3, -0.25) is 0 Å². The Morgan fingerprint density at radius 3 is 2.52 bits per heavy atom. The van der Waals surface area contributed by atoms with Crippen molar-refractivity contribution in [3.63, 3.8) is 0 Å². The van der Waals surface area contributed by atoms with Gasteiger partial charge in [-0.05, 0) is 25.0 Å². The average molecular weight is 349 g/mol. The van der Waals surface area contributed by atoms with Crippen LogP contribution in [0.4, 0.5) is 13.2 Å². The van der Waals surface area contributed by atoms with Crippen LogP contribution in [0.15, 0.2) is 33.7 Å². The van der Waals surface area contributed by atoms with Gasteiger partial charge in [-0.15, -0.1) is 0 Å². The second-order valence-electron chi connectivity index (χ2n) is 4.76. The molecule has 0 fully saturated rings. The average Bonchev–Trinajstić information content (AvgIpc) is 2.97. The topological polar surface area (TPSA) is 85.1 Å². The van der Waals surface area contributed by atoms with Crippen molar-refractivity contribution >= 4 is 10.0 Å². The molecule has 1 aromatic carbocycles. The second kappa shape index (κ2) is 6.28. The summed E-state index contributed by atoms with van der Waals surface area (Å²) < 4.78 is 68.4. The van der Waals surface area contributed by atoms with Gasteiger partial charge >= 0.3 is 12.1 Å². The lowest BCUT2D eigenvalue weighted by atomic mass is 10.2. The van der Waals surface area contributed by atoms with E-state index in [2.05, 4.69) is 19.4 Å². The lowest BCUT2D eigenvalue weighted by Gasteiger charge is -2.13. The summed E-state index contributed by atoms with van der Waals surface area (Å²) >= 11 is 0. The van der Waals surface area contributed by atoms with E-state index in [4.69, 9.17) is 0 Å². The normalized spacial score (nSPS) is 14.0. The molecule has 6 nitrogen and oxygen atoms in total. The van der Waals surface area contributed by atoms with Crippen LogP contribution in [0, 0.1) is 0 Å². The number of halogens is 3. The van der Waals surface area contributed by atoms with Gasteiger partial charge in [0.2, 0.25) is 10.0 Å². The van der Waals surface area contributed by atoms with Crippen molar-refractivity contribution in [1.29, 1.82) is 0 Å². The van der Waals surface area contributed by atoms with E-state index >= 15 is 0 Å². The molecule has 2 aromatic rings. The van der Waals surface area contributed by atoms with Crippen molar-refractivity contribution in [2.75, 3.05) is 0 Å². The van der Waals surface area contributed by atoms with E-state index in [-0.39, 0.29) is 4.90 Å². The highest BCUT2D eigenvalue weighted by atomic mass is 32.2. The summed E-state index contributed by atoms with van der Waals surface area (Å²) in [6.07, 6.45) is -4.29. The molecule has 2 rings (SSSR count). The fourth-order valence-corrected chi connectivity index (χ4v) is 3.45. The summed E-state index contributed by atoms with van der Waals surface area (Å²) in [5.74, 6) is -1.91. The van der Waals surface area contributed by atoms with Gasteiger partial charge in [-0.1, -0.05) is 30.3 Å². The van der Waals surface area contributed by atoms with Gasteiger partial charge in [0, 0.05) is 0 Å². The molecule has 0 aliphatic carbocycles. The van der Waals surface area contributed by atoms with Crippen LogP contribution >= 0.6 is 0 Å². The molecule has 0 bridgehead atoms.